The molecule has 1 saturated carbocycles. The van der Waals surface area contributed by atoms with Gasteiger partial charge in [-0.05, 0) is 68.0 Å². The van der Waals surface area contributed by atoms with Crippen LogP contribution in [0.2, 0.25) is 0 Å². The highest BCUT2D eigenvalue weighted by atomic mass is 16.2. The highest BCUT2D eigenvalue weighted by Gasteiger charge is 2.29. The first-order valence-corrected chi connectivity index (χ1v) is 12.1. The van der Waals surface area contributed by atoms with Crippen LogP contribution in [0.5, 0.6) is 0 Å². The first-order valence-electron chi connectivity index (χ1n) is 12.1. The predicted octanol–water partition coefficient (Wildman–Crippen LogP) is 4.65. The van der Waals surface area contributed by atoms with E-state index in [4.69, 9.17) is 0 Å². The predicted molar refractivity (Wildman–Crippen MR) is 126 cm³/mol. The molecule has 0 unspecified atom stereocenters. The Labute approximate surface area is 190 Å². The number of imidazole rings is 1. The third kappa shape index (κ3) is 4.85. The van der Waals surface area contributed by atoms with Gasteiger partial charge in [-0.25, -0.2) is 4.98 Å². The van der Waals surface area contributed by atoms with E-state index in [2.05, 4.69) is 25.9 Å². The SMILES string of the molecule is O=C(c1ccc2nc[nH]c2c1)N(Cc1cccnc1)C[C@H]1CCCN(C2CCCCC2)C1. The first-order chi connectivity index (χ1) is 15.8. The molecule has 2 aliphatic rings. The molecule has 1 saturated heterocycles. The van der Waals surface area contributed by atoms with Crippen molar-refractivity contribution in [2.75, 3.05) is 19.6 Å². The molecule has 1 aliphatic carbocycles. The summed E-state index contributed by atoms with van der Waals surface area (Å²) in [6, 6.07) is 10.5. The molecule has 0 spiro atoms. The van der Waals surface area contributed by atoms with E-state index >= 15 is 0 Å². The number of hydrogen-bond acceptors (Lipinski definition) is 4. The van der Waals surface area contributed by atoms with Crippen LogP contribution in [0, 0.1) is 5.92 Å². The van der Waals surface area contributed by atoms with Crippen LogP contribution in [0.3, 0.4) is 0 Å². The fraction of sp³-hybridized carbons (Fsp3) is 0.500. The van der Waals surface area contributed by atoms with Crippen LogP contribution in [0.4, 0.5) is 0 Å². The molecule has 2 aromatic heterocycles. The molecule has 3 aromatic rings. The molecule has 6 heteroatoms. The summed E-state index contributed by atoms with van der Waals surface area (Å²) < 4.78 is 0. The van der Waals surface area contributed by atoms with Gasteiger partial charge in [-0.2, -0.15) is 0 Å². The molecule has 2 fully saturated rings. The second kappa shape index (κ2) is 9.82. The van der Waals surface area contributed by atoms with E-state index in [1.54, 1.807) is 12.5 Å². The third-order valence-electron chi connectivity index (χ3n) is 7.17. The number of aromatic amines is 1. The minimum Gasteiger partial charge on any atom is -0.345 e. The van der Waals surface area contributed by atoms with Crippen molar-refractivity contribution < 1.29 is 4.79 Å². The minimum atomic E-state index is 0.0835. The number of benzene rings is 1. The van der Waals surface area contributed by atoms with Crippen molar-refractivity contribution in [1.29, 1.82) is 0 Å². The van der Waals surface area contributed by atoms with E-state index in [0.717, 1.165) is 35.7 Å². The summed E-state index contributed by atoms with van der Waals surface area (Å²) in [7, 11) is 0. The van der Waals surface area contributed by atoms with Crippen molar-refractivity contribution in [2.45, 2.75) is 57.5 Å². The lowest BCUT2D eigenvalue weighted by molar-refractivity contribution is 0.0583. The summed E-state index contributed by atoms with van der Waals surface area (Å²) >= 11 is 0. The van der Waals surface area contributed by atoms with E-state index in [1.807, 2.05) is 35.4 Å². The van der Waals surface area contributed by atoms with Crippen molar-refractivity contribution in [1.82, 2.24) is 24.8 Å². The first kappa shape index (κ1) is 21.1. The maximum absolute atomic E-state index is 13.6. The van der Waals surface area contributed by atoms with Crippen molar-refractivity contribution in [3.8, 4) is 0 Å². The van der Waals surface area contributed by atoms with Gasteiger partial charge in [0.2, 0.25) is 0 Å². The zero-order valence-corrected chi connectivity index (χ0v) is 18.7. The lowest BCUT2D eigenvalue weighted by atomic mass is 9.90. The number of likely N-dealkylation sites (tertiary alicyclic amines) is 1. The molecule has 0 bridgehead atoms. The number of fused-ring (bicyclic) bond motifs is 1. The van der Waals surface area contributed by atoms with Gasteiger partial charge < -0.3 is 14.8 Å². The maximum Gasteiger partial charge on any atom is 0.254 e. The van der Waals surface area contributed by atoms with Crippen LogP contribution in [-0.4, -0.2) is 56.3 Å². The Morgan fingerprint density at radius 2 is 2.03 bits per heavy atom. The zero-order valence-electron chi connectivity index (χ0n) is 18.7. The molecule has 32 heavy (non-hydrogen) atoms. The number of nitrogens with zero attached hydrogens (tertiary/aromatic N) is 4. The molecule has 5 rings (SSSR count). The quantitative estimate of drug-likeness (QED) is 0.617. The van der Waals surface area contributed by atoms with Gasteiger partial charge in [0.1, 0.15) is 0 Å². The summed E-state index contributed by atoms with van der Waals surface area (Å²) in [6.07, 6.45) is 14.6. The summed E-state index contributed by atoms with van der Waals surface area (Å²) in [5.74, 6) is 0.599. The molecule has 1 aliphatic heterocycles. The fourth-order valence-electron chi connectivity index (χ4n) is 5.52. The zero-order chi connectivity index (χ0) is 21.8. The number of rotatable bonds is 6. The average molecular weight is 432 g/mol. The van der Waals surface area contributed by atoms with Crippen molar-refractivity contribution >= 4 is 16.9 Å². The van der Waals surface area contributed by atoms with Crippen LogP contribution in [0.25, 0.3) is 11.0 Å². The van der Waals surface area contributed by atoms with E-state index < -0.39 is 0 Å². The highest BCUT2D eigenvalue weighted by Crippen LogP contribution is 2.28. The molecule has 1 N–H and O–H groups in total. The summed E-state index contributed by atoms with van der Waals surface area (Å²) in [5, 5.41) is 0. The summed E-state index contributed by atoms with van der Waals surface area (Å²) in [6.45, 7) is 3.71. The highest BCUT2D eigenvalue weighted by molar-refractivity contribution is 5.97. The minimum absolute atomic E-state index is 0.0835. The number of nitrogens with one attached hydrogen (secondary N) is 1. The molecule has 1 atom stereocenters. The smallest absolute Gasteiger partial charge is 0.254 e. The van der Waals surface area contributed by atoms with Gasteiger partial charge >= 0.3 is 0 Å². The normalized spacial score (nSPS) is 20.4. The maximum atomic E-state index is 13.6. The van der Waals surface area contributed by atoms with Crippen LogP contribution >= 0.6 is 0 Å². The van der Waals surface area contributed by atoms with Gasteiger partial charge in [-0.1, -0.05) is 25.3 Å². The molecule has 6 nitrogen and oxygen atoms in total. The summed E-state index contributed by atoms with van der Waals surface area (Å²) in [4.78, 5) is 30.1. The van der Waals surface area contributed by atoms with Crippen LogP contribution in [0.1, 0.15) is 60.9 Å². The molecule has 3 heterocycles. The van der Waals surface area contributed by atoms with E-state index in [-0.39, 0.29) is 5.91 Å². The van der Waals surface area contributed by atoms with Crippen LogP contribution in [-0.2, 0) is 6.54 Å². The second-order valence-corrected chi connectivity index (χ2v) is 9.48. The Bertz CT molecular complexity index is 1030. The van der Waals surface area contributed by atoms with Gasteiger partial charge in [0.25, 0.3) is 5.91 Å². The van der Waals surface area contributed by atoms with Crippen molar-refractivity contribution in [3.63, 3.8) is 0 Å². The number of carbonyl (C=O) groups is 1. The van der Waals surface area contributed by atoms with Gasteiger partial charge in [-0.15, -0.1) is 0 Å². The standard InChI is InChI=1S/C26H33N5O/c32-26(22-10-11-24-25(14-22)29-19-28-24)31(16-20-6-4-12-27-15-20)18-21-7-5-13-30(17-21)23-8-2-1-3-9-23/h4,6,10-12,14-15,19,21,23H,1-3,5,7-9,13,16-18H2,(H,28,29)/t21-/m0/s1. The number of hydrogen-bond donors (Lipinski definition) is 1. The number of piperidine rings is 1. The lowest BCUT2D eigenvalue weighted by Gasteiger charge is -2.41. The Balaban J connectivity index is 1.33. The van der Waals surface area contributed by atoms with Crippen LogP contribution in [0.15, 0.2) is 49.1 Å². The van der Waals surface area contributed by atoms with Gasteiger partial charge in [-0.3, -0.25) is 9.78 Å². The Morgan fingerprint density at radius 1 is 1.12 bits per heavy atom. The number of amides is 1. The van der Waals surface area contributed by atoms with Crippen molar-refractivity contribution in [2.24, 2.45) is 5.92 Å². The van der Waals surface area contributed by atoms with Crippen LogP contribution < -0.4 is 0 Å². The topological polar surface area (TPSA) is 65.1 Å². The Kier molecular flexibility index (Phi) is 6.49. The Morgan fingerprint density at radius 3 is 2.88 bits per heavy atom. The second-order valence-electron chi connectivity index (χ2n) is 9.48. The van der Waals surface area contributed by atoms with Crippen molar-refractivity contribution in [3.05, 3.63) is 60.2 Å². The largest absolute Gasteiger partial charge is 0.345 e. The number of carbonyl (C=O) groups excluding carboxylic acids is 1. The van der Waals surface area contributed by atoms with Gasteiger partial charge in [0.15, 0.2) is 0 Å². The molecular weight excluding hydrogens is 398 g/mol. The lowest BCUT2D eigenvalue weighted by Crippen LogP contribution is -2.47. The molecule has 1 amide bonds. The fourth-order valence-corrected chi connectivity index (χ4v) is 5.52. The van der Waals surface area contributed by atoms with Gasteiger partial charge in [0.05, 0.1) is 17.4 Å². The molecular formula is C26H33N5O. The van der Waals surface area contributed by atoms with E-state index in [9.17, 15) is 4.79 Å². The van der Waals surface area contributed by atoms with Gasteiger partial charge in [0, 0.05) is 43.6 Å². The number of H-pyrrole nitrogens is 1. The Hall–Kier alpha value is -2.73. The summed E-state index contributed by atoms with van der Waals surface area (Å²) in [5.41, 5.74) is 3.57. The molecule has 0 radical (unpaired) electrons. The average Bonchev–Trinajstić information content (AvgIpc) is 3.33. The van der Waals surface area contributed by atoms with E-state index in [0.29, 0.717) is 18.0 Å². The van der Waals surface area contributed by atoms with E-state index in [1.165, 1.54) is 51.5 Å². The monoisotopic (exact) mass is 431 g/mol. The molecule has 168 valence electrons. The third-order valence-corrected chi connectivity index (χ3v) is 7.17. The number of aromatic nitrogens is 3. The molecule has 1 aromatic carbocycles. The number of pyridine rings is 1.